The van der Waals surface area contributed by atoms with E-state index in [-0.39, 0.29) is 25.2 Å². The fourth-order valence-electron chi connectivity index (χ4n) is 6.59. The van der Waals surface area contributed by atoms with E-state index in [9.17, 15) is 9.59 Å². The predicted molar refractivity (Wildman–Crippen MR) is 251 cm³/mol. The third-order valence-electron chi connectivity index (χ3n) is 10.2. The molecular weight excluding hydrogens is 717 g/mol. The SMILES string of the molecule is CC/C=C\C/C=C\C/C=C\C/C=C\CCCCCCCOCC(COC(=O)CCCCCCC/C=C\C/C=C\CCCCC)OC(=O)CCCCCCCCCCC. The normalized spacial score (nSPS) is 12.8. The summed E-state index contributed by atoms with van der Waals surface area (Å²) in [6, 6.07) is 0. The van der Waals surface area contributed by atoms with Gasteiger partial charge in [-0.1, -0.05) is 196 Å². The number of unbranched alkanes of at least 4 members (excludes halogenated alkanes) is 21. The minimum atomic E-state index is -0.550. The number of rotatable bonds is 44. The zero-order valence-electron chi connectivity index (χ0n) is 38.3. The molecule has 0 saturated carbocycles. The van der Waals surface area contributed by atoms with E-state index >= 15 is 0 Å². The third kappa shape index (κ3) is 46.0. The highest BCUT2D eigenvalue weighted by molar-refractivity contribution is 5.70. The molecule has 0 rings (SSSR count). The molecule has 0 spiro atoms. The Labute approximate surface area is 359 Å². The van der Waals surface area contributed by atoms with Gasteiger partial charge in [0.2, 0.25) is 0 Å². The summed E-state index contributed by atoms with van der Waals surface area (Å²) < 4.78 is 17.3. The molecule has 5 heteroatoms. The van der Waals surface area contributed by atoms with Crippen molar-refractivity contribution in [1.82, 2.24) is 0 Å². The summed E-state index contributed by atoms with van der Waals surface area (Å²) in [6.07, 6.45) is 61.9. The summed E-state index contributed by atoms with van der Waals surface area (Å²) in [5, 5.41) is 0. The molecule has 0 bridgehead atoms. The van der Waals surface area contributed by atoms with Gasteiger partial charge in [-0.25, -0.2) is 0 Å². The lowest BCUT2D eigenvalue weighted by atomic mass is 10.1. The first-order valence-corrected chi connectivity index (χ1v) is 24.5. The van der Waals surface area contributed by atoms with Gasteiger partial charge in [0.15, 0.2) is 6.10 Å². The molecule has 1 unspecified atom stereocenters. The number of hydrogen-bond acceptors (Lipinski definition) is 5. The molecule has 1 atom stereocenters. The van der Waals surface area contributed by atoms with Crippen LogP contribution in [0.15, 0.2) is 72.9 Å². The van der Waals surface area contributed by atoms with E-state index in [1.165, 1.54) is 103 Å². The monoisotopic (exact) mass is 809 g/mol. The lowest BCUT2D eigenvalue weighted by Crippen LogP contribution is -2.30. The van der Waals surface area contributed by atoms with Crippen LogP contribution in [0.25, 0.3) is 0 Å². The number of carbonyl (C=O) groups excluding carboxylic acids is 2. The first kappa shape index (κ1) is 55.3. The second-order valence-corrected chi connectivity index (χ2v) is 16.0. The quantitative estimate of drug-likeness (QED) is 0.0348. The van der Waals surface area contributed by atoms with Crippen LogP contribution in [-0.2, 0) is 23.8 Å². The Morgan fingerprint density at radius 1 is 0.397 bits per heavy atom. The largest absolute Gasteiger partial charge is 0.462 e. The van der Waals surface area contributed by atoms with Gasteiger partial charge in [-0.05, 0) is 89.9 Å². The van der Waals surface area contributed by atoms with Crippen LogP contribution in [-0.4, -0.2) is 37.9 Å². The van der Waals surface area contributed by atoms with Gasteiger partial charge in [0.25, 0.3) is 0 Å². The standard InChI is InChI=1S/C53H92O5/c1-4-7-10-13-16-19-21-23-25-26-27-29-31-33-36-39-42-45-48-56-49-51(58-53(55)47-44-41-38-34-18-15-12-9-6-3)50-57-52(54)46-43-40-37-35-32-30-28-24-22-20-17-14-11-8-5-2/h7,10,16-17,19-20,23-25,27-29,51H,4-6,8-9,11-15,18,21-22,26,30-50H2,1-3H3/b10-7-,19-16-,20-17-,25-23-,28-24-,29-27-. The van der Waals surface area contributed by atoms with E-state index in [2.05, 4.69) is 93.7 Å². The van der Waals surface area contributed by atoms with Crippen LogP contribution in [0, 0.1) is 0 Å². The van der Waals surface area contributed by atoms with Crippen LogP contribution >= 0.6 is 0 Å². The van der Waals surface area contributed by atoms with Gasteiger partial charge < -0.3 is 14.2 Å². The average Bonchev–Trinajstić information content (AvgIpc) is 3.22. The molecule has 0 amide bonds. The van der Waals surface area contributed by atoms with Gasteiger partial charge >= 0.3 is 11.9 Å². The number of carbonyl (C=O) groups is 2. The summed E-state index contributed by atoms with van der Waals surface area (Å²) in [6.45, 7) is 7.62. The molecule has 5 nitrogen and oxygen atoms in total. The van der Waals surface area contributed by atoms with Crippen LogP contribution in [0.1, 0.15) is 226 Å². The molecule has 334 valence electrons. The molecule has 0 aromatic rings. The third-order valence-corrected chi connectivity index (χ3v) is 10.2. The minimum absolute atomic E-state index is 0.0693. The van der Waals surface area contributed by atoms with Crippen molar-refractivity contribution in [3.8, 4) is 0 Å². The average molecular weight is 809 g/mol. The summed E-state index contributed by atoms with van der Waals surface area (Å²) in [4.78, 5) is 25.3. The van der Waals surface area contributed by atoms with E-state index in [1.54, 1.807) is 0 Å². The zero-order chi connectivity index (χ0) is 42.1. The Balaban J connectivity index is 4.26. The Kier molecular flexibility index (Phi) is 46.5. The van der Waals surface area contributed by atoms with Gasteiger partial charge in [-0.15, -0.1) is 0 Å². The predicted octanol–water partition coefficient (Wildman–Crippen LogP) is 16.3. The number of allylic oxidation sites excluding steroid dienone is 12. The van der Waals surface area contributed by atoms with Crippen molar-refractivity contribution in [2.45, 2.75) is 232 Å². The fourth-order valence-corrected chi connectivity index (χ4v) is 6.59. The molecule has 0 fully saturated rings. The maximum absolute atomic E-state index is 12.7. The molecule has 0 saturated heterocycles. The molecule has 0 heterocycles. The summed E-state index contributed by atoms with van der Waals surface area (Å²) >= 11 is 0. The second-order valence-electron chi connectivity index (χ2n) is 16.0. The van der Waals surface area contributed by atoms with Gasteiger partial charge in [0, 0.05) is 19.4 Å². The lowest BCUT2D eigenvalue weighted by Gasteiger charge is -2.18. The fraction of sp³-hybridized carbons (Fsp3) is 0.736. The second kappa shape index (κ2) is 48.7. The Bertz CT molecular complexity index is 1050. The van der Waals surface area contributed by atoms with E-state index < -0.39 is 6.10 Å². The van der Waals surface area contributed by atoms with Gasteiger partial charge in [0.05, 0.1) is 6.61 Å². The molecule has 0 aliphatic heterocycles. The van der Waals surface area contributed by atoms with Crippen molar-refractivity contribution in [2.24, 2.45) is 0 Å². The summed E-state index contributed by atoms with van der Waals surface area (Å²) in [7, 11) is 0. The molecule has 0 radical (unpaired) electrons. The highest BCUT2D eigenvalue weighted by atomic mass is 16.6. The van der Waals surface area contributed by atoms with E-state index in [0.29, 0.717) is 19.4 Å². The molecular formula is C53H92O5. The molecule has 0 N–H and O–H groups in total. The van der Waals surface area contributed by atoms with Crippen molar-refractivity contribution in [3.05, 3.63) is 72.9 Å². The maximum atomic E-state index is 12.7. The van der Waals surface area contributed by atoms with E-state index in [4.69, 9.17) is 14.2 Å². The lowest BCUT2D eigenvalue weighted by molar-refractivity contribution is -0.163. The molecule has 0 aliphatic carbocycles. The van der Waals surface area contributed by atoms with Crippen molar-refractivity contribution < 1.29 is 23.8 Å². The topological polar surface area (TPSA) is 61.8 Å². The molecule has 0 aliphatic rings. The first-order valence-electron chi connectivity index (χ1n) is 24.5. The van der Waals surface area contributed by atoms with Gasteiger partial charge in [-0.2, -0.15) is 0 Å². The number of esters is 2. The number of ether oxygens (including phenoxy) is 3. The van der Waals surface area contributed by atoms with Crippen molar-refractivity contribution in [3.63, 3.8) is 0 Å². The minimum Gasteiger partial charge on any atom is -0.462 e. The Morgan fingerprint density at radius 2 is 0.776 bits per heavy atom. The Morgan fingerprint density at radius 3 is 1.28 bits per heavy atom. The van der Waals surface area contributed by atoms with E-state index in [1.807, 2.05) is 0 Å². The Hall–Kier alpha value is -2.66. The number of hydrogen-bond donors (Lipinski definition) is 0. The summed E-state index contributed by atoms with van der Waals surface area (Å²) in [5.41, 5.74) is 0. The van der Waals surface area contributed by atoms with Crippen molar-refractivity contribution >= 4 is 11.9 Å². The highest BCUT2D eigenvalue weighted by Gasteiger charge is 2.17. The smallest absolute Gasteiger partial charge is 0.306 e. The maximum Gasteiger partial charge on any atom is 0.306 e. The molecule has 0 aromatic heterocycles. The molecule has 58 heavy (non-hydrogen) atoms. The van der Waals surface area contributed by atoms with Gasteiger partial charge in [0.1, 0.15) is 6.61 Å². The van der Waals surface area contributed by atoms with Gasteiger partial charge in [-0.3, -0.25) is 9.59 Å². The van der Waals surface area contributed by atoms with Crippen molar-refractivity contribution in [1.29, 1.82) is 0 Å². The first-order chi connectivity index (χ1) is 28.6. The van der Waals surface area contributed by atoms with Crippen molar-refractivity contribution in [2.75, 3.05) is 19.8 Å². The molecule has 0 aromatic carbocycles. The van der Waals surface area contributed by atoms with Crippen LogP contribution < -0.4 is 0 Å². The van der Waals surface area contributed by atoms with Crippen LogP contribution in [0.5, 0.6) is 0 Å². The van der Waals surface area contributed by atoms with Crippen LogP contribution in [0.2, 0.25) is 0 Å². The van der Waals surface area contributed by atoms with E-state index in [0.717, 1.165) is 89.9 Å². The van der Waals surface area contributed by atoms with Crippen LogP contribution in [0.4, 0.5) is 0 Å². The van der Waals surface area contributed by atoms with Crippen LogP contribution in [0.3, 0.4) is 0 Å². The highest BCUT2D eigenvalue weighted by Crippen LogP contribution is 2.13. The zero-order valence-corrected chi connectivity index (χ0v) is 38.3. The summed E-state index contributed by atoms with van der Waals surface area (Å²) in [5.74, 6) is -0.425.